The Hall–Kier alpha value is 0.0700. The van der Waals surface area contributed by atoms with Gasteiger partial charge in [-0.05, 0) is 38.5 Å². The minimum absolute atomic E-state index is 0.0413. The molecule has 3 atom stereocenters. The van der Waals surface area contributed by atoms with Crippen LogP contribution in [0, 0.1) is 0 Å². The lowest BCUT2D eigenvalue weighted by Crippen LogP contribution is -2.63. The minimum Gasteiger partial charge on any atom is -0.371 e. The summed E-state index contributed by atoms with van der Waals surface area (Å²) in [5, 5.41) is 0. The summed E-state index contributed by atoms with van der Waals surface area (Å²) >= 11 is 3.48. The van der Waals surface area contributed by atoms with Crippen molar-refractivity contribution in [3.63, 3.8) is 0 Å². The van der Waals surface area contributed by atoms with Gasteiger partial charge in [-0.25, -0.2) is 0 Å². The maximum Gasteiger partial charge on any atom is 0.181 e. The molecule has 0 bridgehead atoms. The van der Waals surface area contributed by atoms with Gasteiger partial charge in [-0.2, -0.15) is 0 Å². The number of carbonyl (C=O) groups excluding carboxylic acids is 1. The molecule has 1 saturated carbocycles. The van der Waals surface area contributed by atoms with Crippen molar-refractivity contribution in [2.45, 2.75) is 54.6 Å². The summed E-state index contributed by atoms with van der Waals surface area (Å²) in [5.74, 6) is 0.221. The summed E-state index contributed by atoms with van der Waals surface area (Å²) in [6.45, 7) is 1.49. The zero-order valence-electron chi connectivity index (χ0n) is 9.34. The van der Waals surface area contributed by atoms with Gasteiger partial charge in [-0.1, -0.05) is 15.9 Å². The molecule has 90 valence electrons. The summed E-state index contributed by atoms with van der Waals surface area (Å²) in [5.41, 5.74) is -0.930. The number of ether oxygens (including phenoxy) is 2. The molecule has 1 unspecified atom stereocenters. The first-order valence-corrected chi connectivity index (χ1v) is 7.08. The van der Waals surface area contributed by atoms with Gasteiger partial charge in [0.2, 0.25) is 0 Å². The largest absolute Gasteiger partial charge is 0.371 e. The molecule has 0 amide bonds. The molecule has 1 aliphatic carbocycles. The molecule has 2 aliphatic heterocycles. The van der Waals surface area contributed by atoms with Gasteiger partial charge in [0.25, 0.3) is 0 Å². The van der Waals surface area contributed by atoms with E-state index in [-0.39, 0.29) is 16.2 Å². The summed E-state index contributed by atoms with van der Waals surface area (Å²) < 4.78 is 11.9. The molecule has 2 spiro atoms. The van der Waals surface area contributed by atoms with E-state index in [9.17, 15) is 4.79 Å². The number of halogens is 1. The first-order valence-electron chi connectivity index (χ1n) is 6.17. The van der Waals surface area contributed by atoms with Crippen molar-refractivity contribution in [1.82, 2.24) is 0 Å². The predicted octanol–water partition coefficient (Wildman–Crippen LogP) is 2.21. The fourth-order valence-electron chi connectivity index (χ4n) is 3.58. The Bertz CT molecular complexity index is 303. The number of hydrogen-bond donors (Lipinski definition) is 0. The van der Waals surface area contributed by atoms with Crippen LogP contribution in [0.25, 0.3) is 0 Å². The van der Waals surface area contributed by atoms with E-state index in [2.05, 4.69) is 15.9 Å². The highest BCUT2D eigenvalue weighted by Crippen LogP contribution is 2.52. The van der Waals surface area contributed by atoms with E-state index in [0.29, 0.717) is 6.61 Å². The van der Waals surface area contributed by atoms with E-state index < -0.39 is 5.60 Å². The number of carbonyl (C=O) groups is 1. The van der Waals surface area contributed by atoms with Crippen molar-refractivity contribution in [1.29, 1.82) is 0 Å². The molecule has 3 aliphatic rings. The molecule has 0 aromatic rings. The summed E-state index contributed by atoms with van der Waals surface area (Å²) in [6.07, 6.45) is 5.70. The monoisotopic (exact) mass is 288 g/mol. The van der Waals surface area contributed by atoms with Crippen LogP contribution in [-0.4, -0.2) is 35.0 Å². The zero-order chi connectivity index (χ0) is 11.2. The standard InChI is InChI=1S/C12H17BrO3/c13-9-3-6-11(4-1-7-15-11)12(10(9)14)5-2-8-16-12/h9H,1-8H2/t9?,11-,12-/m1/s1. The van der Waals surface area contributed by atoms with E-state index in [1.807, 2.05) is 0 Å². The van der Waals surface area contributed by atoms with E-state index in [4.69, 9.17) is 9.47 Å². The Morgan fingerprint density at radius 2 is 1.88 bits per heavy atom. The Morgan fingerprint density at radius 1 is 1.12 bits per heavy atom. The average Bonchev–Trinajstić information content (AvgIpc) is 2.93. The van der Waals surface area contributed by atoms with E-state index in [1.54, 1.807) is 0 Å². The average molecular weight is 289 g/mol. The van der Waals surface area contributed by atoms with Crippen molar-refractivity contribution in [3.05, 3.63) is 0 Å². The highest BCUT2D eigenvalue weighted by molar-refractivity contribution is 9.10. The molecule has 0 aromatic carbocycles. The normalized spacial score (nSPS) is 48.3. The molecule has 0 N–H and O–H groups in total. The second kappa shape index (κ2) is 3.79. The maximum absolute atomic E-state index is 12.5. The molecule has 3 fully saturated rings. The Morgan fingerprint density at radius 3 is 2.50 bits per heavy atom. The van der Waals surface area contributed by atoms with Gasteiger partial charge in [-0.15, -0.1) is 0 Å². The molecular formula is C12H17BrO3. The summed E-state index contributed by atoms with van der Waals surface area (Å²) in [7, 11) is 0. The molecule has 2 saturated heterocycles. The van der Waals surface area contributed by atoms with E-state index >= 15 is 0 Å². The van der Waals surface area contributed by atoms with Gasteiger partial charge < -0.3 is 9.47 Å². The molecular weight excluding hydrogens is 272 g/mol. The minimum atomic E-state index is -0.629. The SMILES string of the molecule is O=C1C(Br)CC[C@]2(CCCO2)[C@@]12CCCO2. The second-order valence-corrected chi connectivity index (χ2v) is 6.20. The van der Waals surface area contributed by atoms with Gasteiger partial charge in [0, 0.05) is 13.2 Å². The molecule has 0 radical (unpaired) electrons. The van der Waals surface area contributed by atoms with Crippen LogP contribution in [-0.2, 0) is 14.3 Å². The lowest BCUT2D eigenvalue weighted by atomic mass is 9.68. The van der Waals surface area contributed by atoms with Crippen LogP contribution in [0.5, 0.6) is 0 Å². The van der Waals surface area contributed by atoms with Gasteiger partial charge >= 0.3 is 0 Å². The highest BCUT2D eigenvalue weighted by atomic mass is 79.9. The zero-order valence-corrected chi connectivity index (χ0v) is 10.9. The fourth-order valence-corrected chi connectivity index (χ4v) is 4.18. The van der Waals surface area contributed by atoms with Crippen LogP contribution in [0.15, 0.2) is 0 Å². The summed E-state index contributed by atoms with van der Waals surface area (Å²) in [4.78, 5) is 12.4. The predicted molar refractivity (Wildman–Crippen MR) is 62.8 cm³/mol. The van der Waals surface area contributed by atoms with Gasteiger partial charge in [0.15, 0.2) is 11.4 Å². The quantitative estimate of drug-likeness (QED) is 0.641. The second-order valence-electron chi connectivity index (χ2n) is 5.10. The van der Waals surface area contributed by atoms with Crippen LogP contribution in [0.1, 0.15) is 38.5 Å². The number of fused-ring (bicyclic) bond motifs is 1. The molecule has 3 rings (SSSR count). The topological polar surface area (TPSA) is 35.5 Å². The van der Waals surface area contributed by atoms with E-state index in [0.717, 1.165) is 45.1 Å². The lowest BCUT2D eigenvalue weighted by molar-refractivity contribution is -0.190. The number of ketones is 1. The molecule has 2 heterocycles. The number of Topliss-reactive ketones (excluding diaryl/α,β-unsaturated/α-hetero) is 1. The van der Waals surface area contributed by atoms with E-state index in [1.165, 1.54) is 0 Å². The first kappa shape index (κ1) is 11.2. The van der Waals surface area contributed by atoms with Crippen LogP contribution in [0.2, 0.25) is 0 Å². The smallest absolute Gasteiger partial charge is 0.181 e. The number of rotatable bonds is 0. The van der Waals surface area contributed by atoms with Gasteiger partial charge in [0.05, 0.1) is 4.83 Å². The first-order chi connectivity index (χ1) is 7.70. The van der Waals surface area contributed by atoms with Crippen LogP contribution in [0.3, 0.4) is 0 Å². The Balaban J connectivity index is 2.01. The molecule has 0 aromatic heterocycles. The lowest BCUT2D eigenvalue weighted by Gasteiger charge is -2.48. The van der Waals surface area contributed by atoms with Crippen molar-refractivity contribution in [2.24, 2.45) is 0 Å². The molecule has 4 heteroatoms. The highest BCUT2D eigenvalue weighted by Gasteiger charge is 2.64. The van der Waals surface area contributed by atoms with Crippen LogP contribution in [0.4, 0.5) is 0 Å². The van der Waals surface area contributed by atoms with Crippen molar-refractivity contribution < 1.29 is 14.3 Å². The van der Waals surface area contributed by atoms with Crippen molar-refractivity contribution >= 4 is 21.7 Å². The Kier molecular flexibility index (Phi) is 2.64. The number of alkyl halides is 1. The molecule has 3 nitrogen and oxygen atoms in total. The van der Waals surface area contributed by atoms with Crippen LogP contribution >= 0.6 is 15.9 Å². The molecule has 16 heavy (non-hydrogen) atoms. The third kappa shape index (κ3) is 1.30. The Labute approximate surface area is 104 Å². The third-order valence-electron chi connectivity index (χ3n) is 4.35. The van der Waals surface area contributed by atoms with Crippen molar-refractivity contribution in [3.8, 4) is 0 Å². The number of hydrogen-bond acceptors (Lipinski definition) is 3. The summed E-state index contributed by atoms with van der Waals surface area (Å²) in [6, 6.07) is 0. The fraction of sp³-hybridized carbons (Fsp3) is 0.917. The maximum atomic E-state index is 12.5. The van der Waals surface area contributed by atoms with Gasteiger partial charge in [-0.3, -0.25) is 4.79 Å². The third-order valence-corrected chi connectivity index (χ3v) is 5.22. The van der Waals surface area contributed by atoms with Gasteiger partial charge in [0.1, 0.15) is 5.60 Å². The van der Waals surface area contributed by atoms with Crippen LogP contribution < -0.4 is 0 Å². The van der Waals surface area contributed by atoms with Crippen molar-refractivity contribution in [2.75, 3.05) is 13.2 Å².